The number of nitrogens with one attached hydrogen (secondary N) is 1. The maximum Gasteiger partial charge on any atom is 0.0931 e. The van der Waals surface area contributed by atoms with Crippen molar-refractivity contribution in [1.82, 2.24) is 5.43 Å². The van der Waals surface area contributed by atoms with Gasteiger partial charge in [-0.15, -0.1) is 6.58 Å². The third-order valence-corrected chi connectivity index (χ3v) is 0.775. The van der Waals surface area contributed by atoms with Gasteiger partial charge < -0.3 is 5.43 Å². The fourth-order valence-corrected chi connectivity index (χ4v) is 0.308. The number of thiocarbonyl (C=S) groups is 1. The van der Waals surface area contributed by atoms with Gasteiger partial charge in [-0.1, -0.05) is 18.3 Å². The van der Waals surface area contributed by atoms with E-state index in [0.717, 1.165) is 0 Å². The van der Waals surface area contributed by atoms with E-state index >= 15 is 0 Å². The molecule has 0 aromatic heterocycles. The standard InChI is InChI=1S/C4H8N2S/c1-2-3-4(7)6-5/h2H,1,3,5H2,(H,6,7). The van der Waals surface area contributed by atoms with Crippen molar-refractivity contribution in [2.75, 3.05) is 0 Å². The molecule has 0 saturated heterocycles. The van der Waals surface area contributed by atoms with E-state index in [0.29, 0.717) is 11.4 Å². The lowest BCUT2D eigenvalue weighted by Crippen LogP contribution is -2.27. The lowest BCUT2D eigenvalue weighted by Gasteiger charge is -1.93. The minimum absolute atomic E-state index is 0.620. The summed E-state index contributed by atoms with van der Waals surface area (Å²) in [6.45, 7) is 3.47. The molecule has 0 atom stereocenters. The first-order valence-corrected chi connectivity index (χ1v) is 2.32. The van der Waals surface area contributed by atoms with E-state index in [2.05, 4.69) is 24.2 Å². The van der Waals surface area contributed by atoms with Gasteiger partial charge in [-0.2, -0.15) is 0 Å². The van der Waals surface area contributed by atoms with Crippen molar-refractivity contribution in [2.45, 2.75) is 6.42 Å². The highest BCUT2D eigenvalue weighted by Gasteiger charge is 1.81. The summed E-state index contributed by atoms with van der Waals surface area (Å²) in [5, 5.41) is 0. The van der Waals surface area contributed by atoms with Crippen LogP contribution in [0.25, 0.3) is 0 Å². The topological polar surface area (TPSA) is 38.0 Å². The second-order valence-electron chi connectivity index (χ2n) is 1.06. The van der Waals surface area contributed by atoms with Crippen molar-refractivity contribution in [3.63, 3.8) is 0 Å². The van der Waals surface area contributed by atoms with Gasteiger partial charge in [0.15, 0.2) is 0 Å². The molecule has 3 N–H and O–H groups in total. The van der Waals surface area contributed by atoms with E-state index < -0.39 is 0 Å². The highest BCUT2D eigenvalue weighted by atomic mass is 32.1. The van der Waals surface area contributed by atoms with Crippen molar-refractivity contribution in [3.8, 4) is 0 Å². The van der Waals surface area contributed by atoms with Crippen LogP contribution in [-0.2, 0) is 0 Å². The molecule has 0 heterocycles. The summed E-state index contributed by atoms with van der Waals surface area (Å²) in [7, 11) is 0. The summed E-state index contributed by atoms with van der Waals surface area (Å²) < 4.78 is 0. The van der Waals surface area contributed by atoms with E-state index in [-0.39, 0.29) is 0 Å². The molecule has 0 unspecified atom stereocenters. The number of nitrogens with two attached hydrogens (primary N) is 1. The Labute approximate surface area is 48.4 Å². The Morgan fingerprint density at radius 3 is 2.71 bits per heavy atom. The molecular formula is C4H8N2S. The van der Waals surface area contributed by atoms with E-state index in [1.165, 1.54) is 0 Å². The van der Waals surface area contributed by atoms with E-state index in [1.54, 1.807) is 6.08 Å². The van der Waals surface area contributed by atoms with E-state index in [9.17, 15) is 0 Å². The molecule has 0 aromatic carbocycles. The average molecular weight is 116 g/mol. The summed E-state index contributed by atoms with van der Waals surface area (Å²) in [5.74, 6) is 4.92. The van der Waals surface area contributed by atoms with Crippen LogP contribution in [0.3, 0.4) is 0 Å². The number of hydrogen-bond donors (Lipinski definition) is 2. The number of hydrogen-bond acceptors (Lipinski definition) is 2. The van der Waals surface area contributed by atoms with Gasteiger partial charge in [-0.25, -0.2) is 0 Å². The van der Waals surface area contributed by atoms with Gasteiger partial charge in [0, 0.05) is 6.42 Å². The Morgan fingerprint density at radius 2 is 2.57 bits per heavy atom. The van der Waals surface area contributed by atoms with Gasteiger partial charge in [0.2, 0.25) is 0 Å². The summed E-state index contributed by atoms with van der Waals surface area (Å²) >= 11 is 4.65. The Bertz CT molecular complexity index is 79.8. The van der Waals surface area contributed by atoms with Gasteiger partial charge in [-0.05, 0) is 0 Å². The van der Waals surface area contributed by atoms with E-state index in [1.807, 2.05) is 0 Å². The second kappa shape index (κ2) is 3.77. The molecule has 3 heteroatoms. The lowest BCUT2D eigenvalue weighted by molar-refractivity contribution is 1.03. The van der Waals surface area contributed by atoms with Crippen LogP contribution in [0.4, 0.5) is 0 Å². The Balaban J connectivity index is 3.17. The van der Waals surface area contributed by atoms with E-state index in [4.69, 9.17) is 5.84 Å². The smallest absolute Gasteiger partial charge is 0.0931 e. The first kappa shape index (κ1) is 6.59. The van der Waals surface area contributed by atoms with Crippen molar-refractivity contribution in [1.29, 1.82) is 0 Å². The second-order valence-corrected chi connectivity index (χ2v) is 1.55. The third kappa shape index (κ3) is 3.42. The molecule has 0 aliphatic rings. The number of rotatable bonds is 2. The van der Waals surface area contributed by atoms with Crippen LogP contribution in [0.2, 0.25) is 0 Å². The predicted octanol–water partition coefficient (Wildman–Crippen LogP) is 0.353. The minimum atomic E-state index is 0.620. The van der Waals surface area contributed by atoms with Crippen LogP contribution in [0.15, 0.2) is 12.7 Å². The van der Waals surface area contributed by atoms with Crippen molar-refractivity contribution in [2.24, 2.45) is 5.84 Å². The van der Waals surface area contributed by atoms with Crippen LogP contribution >= 0.6 is 12.2 Å². The molecule has 0 radical (unpaired) electrons. The molecule has 0 bridgehead atoms. The third-order valence-electron chi connectivity index (χ3n) is 0.491. The van der Waals surface area contributed by atoms with Gasteiger partial charge >= 0.3 is 0 Å². The molecule has 0 aromatic rings. The maximum atomic E-state index is 4.92. The molecule has 0 spiro atoms. The van der Waals surface area contributed by atoms with Crippen molar-refractivity contribution in [3.05, 3.63) is 12.7 Å². The summed E-state index contributed by atoms with van der Waals surface area (Å²) in [6, 6.07) is 0. The zero-order chi connectivity index (χ0) is 5.70. The van der Waals surface area contributed by atoms with Gasteiger partial charge in [-0.3, -0.25) is 5.84 Å². The Morgan fingerprint density at radius 1 is 2.00 bits per heavy atom. The molecular weight excluding hydrogens is 108 g/mol. The fraction of sp³-hybridized carbons (Fsp3) is 0.250. The normalized spacial score (nSPS) is 7.57. The average Bonchev–Trinajstić information content (AvgIpc) is 1.68. The largest absolute Gasteiger partial charge is 0.318 e. The number of hydrazine groups is 1. The van der Waals surface area contributed by atoms with Crippen LogP contribution in [0.5, 0.6) is 0 Å². The maximum absolute atomic E-state index is 4.92. The fourth-order valence-electron chi connectivity index (χ4n) is 0.190. The minimum Gasteiger partial charge on any atom is -0.318 e. The van der Waals surface area contributed by atoms with Crippen LogP contribution < -0.4 is 11.3 Å². The summed E-state index contributed by atoms with van der Waals surface area (Å²) in [6.07, 6.45) is 2.36. The van der Waals surface area contributed by atoms with Gasteiger partial charge in [0.05, 0.1) is 4.99 Å². The van der Waals surface area contributed by atoms with Crippen LogP contribution in [0, 0.1) is 0 Å². The zero-order valence-electron chi connectivity index (χ0n) is 3.98. The molecule has 0 aliphatic heterocycles. The van der Waals surface area contributed by atoms with Gasteiger partial charge in [0.25, 0.3) is 0 Å². The first-order valence-electron chi connectivity index (χ1n) is 1.91. The predicted molar refractivity (Wildman–Crippen MR) is 34.7 cm³/mol. The molecule has 0 amide bonds. The Hall–Kier alpha value is -0.410. The molecule has 0 aliphatic carbocycles. The molecule has 0 fully saturated rings. The molecule has 7 heavy (non-hydrogen) atoms. The quantitative estimate of drug-likeness (QED) is 0.237. The molecule has 0 saturated carbocycles. The highest BCUT2D eigenvalue weighted by Crippen LogP contribution is 1.78. The first-order chi connectivity index (χ1) is 3.31. The highest BCUT2D eigenvalue weighted by molar-refractivity contribution is 7.80. The van der Waals surface area contributed by atoms with Crippen molar-refractivity contribution < 1.29 is 0 Å². The Kier molecular flexibility index (Phi) is 3.55. The summed E-state index contributed by atoms with van der Waals surface area (Å²) in [5.41, 5.74) is 2.33. The van der Waals surface area contributed by atoms with Gasteiger partial charge in [0.1, 0.15) is 0 Å². The monoisotopic (exact) mass is 116 g/mol. The van der Waals surface area contributed by atoms with Crippen LogP contribution in [0.1, 0.15) is 6.42 Å². The lowest BCUT2D eigenvalue weighted by atomic mass is 10.4. The zero-order valence-corrected chi connectivity index (χ0v) is 4.79. The van der Waals surface area contributed by atoms with Crippen molar-refractivity contribution >= 4 is 17.2 Å². The molecule has 40 valence electrons. The summed E-state index contributed by atoms with van der Waals surface area (Å²) in [4.78, 5) is 0.620. The molecule has 2 nitrogen and oxygen atoms in total. The van der Waals surface area contributed by atoms with Crippen LogP contribution in [-0.4, -0.2) is 4.99 Å². The SMILES string of the molecule is C=CCC(=S)NN. The molecule has 0 rings (SSSR count).